The molecule has 1 aromatic carbocycles. The largest absolute Gasteiger partial charge is 0.493 e. The molecule has 1 heterocycles. The summed E-state index contributed by atoms with van der Waals surface area (Å²) in [6.07, 6.45) is 10.6. The van der Waals surface area contributed by atoms with Crippen LogP contribution in [0.4, 0.5) is 0 Å². The highest BCUT2D eigenvalue weighted by atomic mass is 16.5. The number of nitrogens with zero attached hydrogens (tertiary/aromatic N) is 2. The zero-order chi connectivity index (χ0) is 23.2. The van der Waals surface area contributed by atoms with Crippen LogP contribution in [0.25, 0.3) is 10.9 Å². The summed E-state index contributed by atoms with van der Waals surface area (Å²) in [6, 6.07) is 3.60. The van der Waals surface area contributed by atoms with Crippen molar-refractivity contribution in [1.29, 1.82) is 0 Å². The number of aromatic nitrogens is 2. The van der Waals surface area contributed by atoms with Gasteiger partial charge in [-0.2, -0.15) is 0 Å². The number of amides is 1. The molecule has 1 atom stereocenters. The van der Waals surface area contributed by atoms with Crippen LogP contribution in [-0.2, 0) is 11.3 Å². The molecule has 4 aliphatic rings. The number of carbonyl (C=O) groups excluding carboxylic acids is 1. The molecule has 33 heavy (non-hydrogen) atoms. The molecule has 0 aliphatic heterocycles. The highest BCUT2D eigenvalue weighted by molar-refractivity contribution is 5.81. The predicted octanol–water partition coefficient (Wildman–Crippen LogP) is 3.92. The van der Waals surface area contributed by atoms with Gasteiger partial charge in [0.25, 0.3) is 5.56 Å². The molecule has 4 saturated carbocycles. The molecule has 0 spiro atoms. The fraction of sp³-hybridized carbons (Fsp3) is 0.654. The van der Waals surface area contributed by atoms with Crippen LogP contribution in [-0.4, -0.2) is 35.7 Å². The van der Waals surface area contributed by atoms with E-state index in [0.717, 1.165) is 17.8 Å². The van der Waals surface area contributed by atoms with Gasteiger partial charge in [0.05, 0.1) is 31.4 Å². The Morgan fingerprint density at radius 2 is 1.73 bits per heavy atom. The molecule has 0 saturated heterocycles. The van der Waals surface area contributed by atoms with E-state index in [9.17, 15) is 9.59 Å². The topological polar surface area (TPSA) is 82.5 Å². The van der Waals surface area contributed by atoms with Gasteiger partial charge in [-0.15, -0.1) is 0 Å². The van der Waals surface area contributed by atoms with Gasteiger partial charge >= 0.3 is 0 Å². The molecule has 178 valence electrons. The van der Waals surface area contributed by atoms with Crippen LogP contribution in [0.3, 0.4) is 0 Å². The van der Waals surface area contributed by atoms with Crippen LogP contribution in [0, 0.1) is 23.2 Å². The van der Waals surface area contributed by atoms with E-state index in [-0.39, 0.29) is 17.5 Å². The van der Waals surface area contributed by atoms with E-state index in [1.165, 1.54) is 38.5 Å². The average molecular weight is 454 g/mol. The Balaban J connectivity index is 1.19. The van der Waals surface area contributed by atoms with Crippen molar-refractivity contribution in [3.63, 3.8) is 0 Å². The van der Waals surface area contributed by atoms with Crippen LogP contribution in [0.5, 0.6) is 11.5 Å². The monoisotopic (exact) mass is 453 g/mol. The Kier molecular flexibility index (Phi) is 5.83. The van der Waals surface area contributed by atoms with Crippen LogP contribution >= 0.6 is 0 Å². The number of carbonyl (C=O) groups is 1. The van der Waals surface area contributed by atoms with Crippen molar-refractivity contribution < 1.29 is 14.3 Å². The summed E-state index contributed by atoms with van der Waals surface area (Å²) in [7, 11) is 3.10. The van der Waals surface area contributed by atoms with Gasteiger partial charge in [0.15, 0.2) is 11.5 Å². The molecule has 6 rings (SSSR count). The zero-order valence-corrected chi connectivity index (χ0v) is 19.9. The van der Waals surface area contributed by atoms with Crippen molar-refractivity contribution in [2.75, 3.05) is 14.2 Å². The van der Waals surface area contributed by atoms with Crippen molar-refractivity contribution >= 4 is 16.8 Å². The van der Waals surface area contributed by atoms with E-state index >= 15 is 0 Å². The SMILES string of the molecule is COc1cc2ncn(CCCC(=O)NC(C)C34CC5CC(CC(C5)C3)C4)c(=O)c2cc1OC. The average Bonchev–Trinajstić information content (AvgIpc) is 2.79. The number of nitrogens with one attached hydrogen (secondary N) is 1. The lowest BCUT2D eigenvalue weighted by molar-refractivity contribution is -0.126. The van der Waals surface area contributed by atoms with E-state index in [0.29, 0.717) is 47.2 Å². The van der Waals surface area contributed by atoms with Crippen molar-refractivity contribution in [3.05, 3.63) is 28.8 Å². The molecule has 7 nitrogen and oxygen atoms in total. The van der Waals surface area contributed by atoms with E-state index in [2.05, 4.69) is 17.2 Å². The fourth-order valence-electron chi connectivity index (χ4n) is 7.23. The number of hydrogen-bond acceptors (Lipinski definition) is 5. The Morgan fingerprint density at radius 1 is 1.12 bits per heavy atom. The Morgan fingerprint density at radius 3 is 2.33 bits per heavy atom. The van der Waals surface area contributed by atoms with E-state index in [1.807, 2.05) is 0 Å². The maximum atomic E-state index is 12.9. The third-order valence-corrected chi connectivity index (χ3v) is 8.51. The third-order valence-electron chi connectivity index (χ3n) is 8.51. The van der Waals surface area contributed by atoms with Gasteiger partial charge < -0.3 is 14.8 Å². The molecule has 4 bridgehead atoms. The number of benzene rings is 1. The van der Waals surface area contributed by atoms with Crippen LogP contribution in [0.2, 0.25) is 0 Å². The van der Waals surface area contributed by atoms with E-state index < -0.39 is 0 Å². The Hall–Kier alpha value is -2.57. The Labute approximate surface area is 194 Å². The van der Waals surface area contributed by atoms with Crippen molar-refractivity contribution in [1.82, 2.24) is 14.9 Å². The van der Waals surface area contributed by atoms with Gasteiger partial charge in [-0.25, -0.2) is 4.98 Å². The summed E-state index contributed by atoms with van der Waals surface area (Å²) < 4.78 is 12.2. The number of methoxy groups -OCH3 is 2. The molecule has 1 aromatic heterocycles. The second-order valence-electron chi connectivity index (χ2n) is 10.6. The summed E-state index contributed by atoms with van der Waals surface area (Å²) in [5.74, 6) is 3.76. The van der Waals surface area contributed by atoms with E-state index in [1.54, 1.807) is 37.2 Å². The second kappa shape index (κ2) is 8.65. The first-order chi connectivity index (χ1) is 15.9. The predicted molar refractivity (Wildman–Crippen MR) is 127 cm³/mol. The van der Waals surface area contributed by atoms with Crippen molar-refractivity contribution in [2.45, 2.75) is 70.9 Å². The number of ether oxygens (including phenoxy) is 2. The number of fused-ring (bicyclic) bond motifs is 1. The zero-order valence-electron chi connectivity index (χ0n) is 19.9. The molecule has 1 unspecified atom stereocenters. The van der Waals surface area contributed by atoms with Gasteiger partial charge in [-0.1, -0.05) is 0 Å². The van der Waals surface area contributed by atoms with Gasteiger partial charge in [0.1, 0.15) is 0 Å². The number of rotatable bonds is 8. The first kappa shape index (κ1) is 22.2. The van der Waals surface area contributed by atoms with Gasteiger partial charge in [0.2, 0.25) is 5.91 Å². The van der Waals surface area contributed by atoms with E-state index in [4.69, 9.17) is 9.47 Å². The minimum atomic E-state index is -0.136. The summed E-state index contributed by atoms with van der Waals surface area (Å²) >= 11 is 0. The first-order valence-electron chi connectivity index (χ1n) is 12.3. The molecule has 7 heteroatoms. The Bertz CT molecular complexity index is 1070. The maximum absolute atomic E-state index is 12.9. The normalized spacial score (nSPS) is 28.6. The van der Waals surface area contributed by atoms with Gasteiger partial charge in [0, 0.05) is 25.1 Å². The summed E-state index contributed by atoms with van der Waals surface area (Å²) in [6.45, 7) is 2.67. The molecular formula is C26H35N3O4. The molecule has 0 radical (unpaired) electrons. The molecular weight excluding hydrogens is 418 g/mol. The van der Waals surface area contributed by atoms with Gasteiger partial charge in [-0.05, 0) is 81.1 Å². The van der Waals surface area contributed by atoms with Crippen molar-refractivity contribution in [2.24, 2.45) is 23.2 Å². The van der Waals surface area contributed by atoms with Crippen LogP contribution in [0.15, 0.2) is 23.3 Å². The molecule has 1 N–H and O–H groups in total. The molecule has 1 amide bonds. The second-order valence-corrected chi connectivity index (χ2v) is 10.6. The van der Waals surface area contributed by atoms with Crippen LogP contribution in [0.1, 0.15) is 58.3 Å². The number of aryl methyl sites for hydroxylation is 1. The highest BCUT2D eigenvalue weighted by Crippen LogP contribution is 2.61. The smallest absolute Gasteiger partial charge is 0.261 e. The molecule has 2 aromatic rings. The number of hydrogen-bond donors (Lipinski definition) is 1. The summed E-state index contributed by atoms with van der Waals surface area (Å²) in [5.41, 5.74) is 0.739. The van der Waals surface area contributed by atoms with Gasteiger partial charge in [-0.3, -0.25) is 14.2 Å². The van der Waals surface area contributed by atoms with Crippen molar-refractivity contribution in [3.8, 4) is 11.5 Å². The third kappa shape index (κ3) is 4.11. The lowest BCUT2D eigenvalue weighted by Crippen LogP contribution is -2.55. The molecule has 4 aliphatic carbocycles. The highest BCUT2D eigenvalue weighted by Gasteiger charge is 2.53. The lowest BCUT2D eigenvalue weighted by Gasteiger charge is -2.59. The van der Waals surface area contributed by atoms with Crippen LogP contribution < -0.4 is 20.3 Å². The minimum absolute atomic E-state index is 0.0893. The minimum Gasteiger partial charge on any atom is -0.493 e. The summed E-state index contributed by atoms with van der Waals surface area (Å²) in [5, 5.41) is 3.80. The maximum Gasteiger partial charge on any atom is 0.261 e. The molecule has 4 fully saturated rings. The first-order valence-corrected chi connectivity index (χ1v) is 12.3. The standard InChI is InChI=1S/C26H35N3O4/c1-16(26-12-17-7-18(13-26)9-19(8-17)14-26)28-24(30)5-4-6-29-15-27-21-11-23(33-3)22(32-2)10-20(21)25(29)31/h10-11,15-19H,4-9,12-14H2,1-3H3,(H,28,30). The quantitative estimate of drug-likeness (QED) is 0.655. The lowest BCUT2D eigenvalue weighted by atomic mass is 9.48. The fourth-order valence-corrected chi connectivity index (χ4v) is 7.23. The summed E-state index contributed by atoms with van der Waals surface area (Å²) in [4.78, 5) is 30.1.